The molecule has 0 unspecified atom stereocenters. The summed E-state index contributed by atoms with van der Waals surface area (Å²) >= 11 is 1.47. The largest absolute Gasteiger partial charge is 0.356 e. The molecule has 0 saturated carbocycles. The Morgan fingerprint density at radius 2 is 2.20 bits per heavy atom. The number of hydrogen-bond acceptors (Lipinski definition) is 5. The van der Waals surface area contributed by atoms with E-state index < -0.39 is 0 Å². The van der Waals surface area contributed by atoms with E-state index in [0.29, 0.717) is 13.0 Å². The smallest absolute Gasteiger partial charge is 0.226 e. The summed E-state index contributed by atoms with van der Waals surface area (Å²) in [6.07, 6.45) is 1.26. The van der Waals surface area contributed by atoms with Crippen molar-refractivity contribution in [2.45, 2.75) is 26.7 Å². The highest BCUT2D eigenvalue weighted by atomic mass is 32.1. The molecule has 2 aromatic rings. The molecule has 0 atom stereocenters. The molecule has 0 spiro atoms. The molecular formula is C14H18N4OS. The Morgan fingerprint density at radius 3 is 2.95 bits per heavy atom. The highest BCUT2D eigenvalue weighted by molar-refractivity contribution is 7.13. The van der Waals surface area contributed by atoms with Gasteiger partial charge in [0.2, 0.25) is 5.91 Å². The van der Waals surface area contributed by atoms with Crippen LogP contribution in [0.15, 0.2) is 23.6 Å². The number of aromatic nitrogens is 2. The molecule has 2 rings (SSSR count). The van der Waals surface area contributed by atoms with Crippen molar-refractivity contribution in [1.82, 2.24) is 15.3 Å². The molecule has 6 heteroatoms. The number of pyridine rings is 1. The van der Waals surface area contributed by atoms with Crippen LogP contribution in [0.5, 0.6) is 0 Å². The number of rotatable bonds is 6. The quantitative estimate of drug-likeness (QED) is 0.858. The van der Waals surface area contributed by atoms with Gasteiger partial charge in [-0.3, -0.25) is 4.79 Å². The molecule has 20 heavy (non-hydrogen) atoms. The summed E-state index contributed by atoms with van der Waals surface area (Å²) in [6, 6.07) is 5.77. The van der Waals surface area contributed by atoms with E-state index in [1.807, 2.05) is 37.4 Å². The van der Waals surface area contributed by atoms with Crippen LogP contribution in [0.4, 0.5) is 10.9 Å². The van der Waals surface area contributed by atoms with E-state index in [9.17, 15) is 4.79 Å². The molecule has 1 amide bonds. The van der Waals surface area contributed by atoms with E-state index in [1.54, 1.807) is 0 Å². The molecule has 0 aliphatic heterocycles. The Labute approximate surface area is 122 Å². The number of hydrogen-bond donors (Lipinski definition) is 2. The lowest BCUT2D eigenvalue weighted by molar-refractivity contribution is -0.120. The van der Waals surface area contributed by atoms with Crippen molar-refractivity contribution in [3.8, 4) is 0 Å². The third-order valence-electron chi connectivity index (χ3n) is 2.59. The summed E-state index contributed by atoms with van der Waals surface area (Å²) in [5.74, 6) is 0.777. The number of nitrogens with zero attached hydrogens (tertiary/aromatic N) is 2. The highest BCUT2D eigenvalue weighted by Gasteiger charge is 2.07. The van der Waals surface area contributed by atoms with Gasteiger partial charge in [0.25, 0.3) is 0 Å². The van der Waals surface area contributed by atoms with Crippen LogP contribution in [0.1, 0.15) is 24.7 Å². The van der Waals surface area contributed by atoms with Crippen molar-refractivity contribution >= 4 is 28.2 Å². The number of aryl methyl sites for hydroxylation is 1. The highest BCUT2D eigenvalue weighted by Crippen LogP contribution is 2.20. The van der Waals surface area contributed by atoms with Crippen molar-refractivity contribution < 1.29 is 4.79 Å². The predicted molar refractivity (Wildman–Crippen MR) is 81.4 cm³/mol. The molecule has 0 aromatic carbocycles. The van der Waals surface area contributed by atoms with Crippen molar-refractivity contribution in [2.24, 2.45) is 0 Å². The third kappa shape index (κ3) is 4.31. The second kappa shape index (κ2) is 7.00. The third-order valence-corrected chi connectivity index (χ3v) is 3.40. The zero-order valence-electron chi connectivity index (χ0n) is 11.6. The lowest BCUT2D eigenvalue weighted by atomic mass is 10.3. The minimum absolute atomic E-state index is 0.0115. The molecule has 5 nitrogen and oxygen atoms in total. The number of anilines is 2. The lowest BCUT2D eigenvalue weighted by Gasteiger charge is -2.02. The van der Waals surface area contributed by atoms with Gasteiger partial charge >= 0.3 is 0 Å². The van der Waals surface area contributed by atoms with Gasteiger partial charge < -0.3 is 10.6 Å². The van der Waals surface area contributed by atoms with Crippen molar-refractivity contribution in [3.05, 3.63) is 35.0 Å². The van der Waals surface area contributed by atoms with E-state index >= 15 is 0 Å². The van der Waals surface area contributed by atoms with Crippen LogP contribution in [0, 0.1) is 6.92 Å². The molecule has 0 aliphatic rings. The Hall–Kier alpha value is -1.95. The molecule has 106 valence electrons. The van der Waals surface area contributed by atoms with Crippen LogP contribution in [-0.4, -0.2) is 22.4 Å². The van der Waals surface area contributed by atoms with Gasteiger partial charge in [0, 0.05) is 17.6 Å². The number of carbonyl (C=O) groups excluding carboxylic acids is 1. The minimum atomic E-state index is 0.0115. The van der Waals surface area contributed by atoms with Crippen molar-refractivity contribution in [2.75, 3.05) is 11.9 Å². The Kier molecular flexibility index (Phi) is 5.06. The van der Waals surface area contributed by atoms with E-state index in [-0.39, 0.29) is 5.91 Å². The van der Waals surface area contributed by atoms with Crippen LogP contribution in [0.3, 0.4) is 0 Å². The van der Waals surface area contributed by atoms with Crippen LogP contribution in [-0.2, 0) is 11.2 Å². The fourth-order valence-corrected chi connectivity index (χ4v) is 2.38. The number of nitrogens with one attached hydrogen (secondary N) is 2. The van der Waals surface area contributed by atoms with Crippen molar-refractivity contribution in [1.29, 1.82) is 0 Å². The standard InChI is InChI=1S/C14H18N4OS/c1-3-7-15-13(19)8-11-9-20-14(17-11)18-12-6-4-5-10(2)16-12/h4-6,9H,3,7-8H2,1-2H3,(H,15,19)(H,16,17,18). The van der Waals surface area contributed by atoms with E-state index in [4.69, 9.17) is 0 Å². The molecular weight excluding hydrogens is 272 g/mol. The fraction of sp³-hybridized carbons (Fsp3) is 0.357. The van der Waals surface area contributed by atoms with Gasteiger partial charge in [-0.25, -0.2) is 9.97 Å². The average molecular weight is 290 g/mol. The number of thiazole rings is 1. The predicted octanol–water partition coefficient (Wildman–Crippen LogP) is 2.66. The Morgan fingerprint density at radius 1 is 1.35 bits per heavy atom. The van der Waals surface area contributed by atoms with Crippen LogP contribution in [0.2, 0.25) is 0 Å². The maximum Gasteiger partial charge on any atom is 0.226 e. The number of amides is 1. The van der Waals surface area contributed by atoms with Crippen LogP contribution >= 0.6 is 11.3 Å². The van der Waals surface area contributed by atoms with Gasteiger partial charge in [0.15, 0.2) is 5.13 Å². The maximum atomic E-state index is 11.6. The number of carbonyl (C=O) groups is 1. The molecule has 2 heterocycles. The molecule has 2 N–H and O–H groups in total. The van der Waals surface area contributed by atoms with Gasteiger partial charge in [-0.2, -0.15) is 0 Å². The molecule has 0 fully saturated rings. The monoisotopic (exact) mass is 290 g/mol. The molecule has 0 saturated heterocycles. The van der Waals surface area contributed by atoms with Gasteiger partial charge in [-0.05, 0) is 25.5 Å². The topological polar surface area (TPSA) is 66.9 Å². The molecule has 0 bridgehead atoms. The van der Waals surface area contributed by atoms with Crippen LogP contribution in [0.25, 0.3) is 0 Å². The zero-order chi connectivity index (χ0) is 14.4. The summed E-state index contributed by atoms with van der Waals surface area (Å²) in [5.41, 5.74) is 1.73. The minimum Gasteiger partial charge on any atom is -0.356 e. The lowest BCUT2D eigenvalue weighted by Crippen LogP contribution is -2.25. The average Bonchev–Trinajstić information content (AvgIpc) is 2.83. The second-order valence-electron chi connectivity index (χ2n) is 4.46. The van der Waals surface area contributed by atoms with E-state index in [1.165, 1.54) is 11.3 Å². The van der Waals surface area contributed by atoms with Crippen LogP contribution < -0.4 is 10.6 Å². The van der Waals surface area contributed by atoms with E-state index in [0.717, 1.165) is 28.8 Å². The second-order valence-corrected chi connectivity index (χ2v) is 5.32. The summed E-state index contributed by atoms with van der Waals surface area (Å²) < 4.78 is 0. The molecule has 0 aliphatic carbocycles. The first kappa shape index (κ1) is 14.5. The first-order valence-electron chi connectivity index (χ1n) is 6.59. The van der Waals surface area contributed by atoms with Gasteiger partial charge in [-0.15, -0.1) is 11.3 Å². The van der Waals surface area contributed by atoms with Gasteiger partial charge in [0.05, 0.1) is 12.1 Å². The van der Waals surface area contributed by atoms with Gasteiger partial charge in [0.1, 0.15) is 5.82 Å². The maximum absolute atomic E-state index is 11.6. The Bertz CT molecular complexity index is 582. The summed E-state index contributed by atoms with van der Waals surface area (Å²) in [5, 5.41) is 8.63. The zero-order valence-corrected chi connectivity index (χ0v) is 12.5. The fourth-order valence-electron chi connectivity index (χ4n) is 1.66. The van der Waals surface area contributed by atoms with Crippen molar-refractivity contribution in [3.63, 3.8) is 0 Å². The summed E-state index contributed by atoms with van der Waals surface area (Å²) in [4.78, 5) is 20.3. The SMILES string of the molecule is CCCNC(=O)Cc1csc(Nc2cccc(C)n2)n1. The van der Waals surface area contributed by atoms with Gasteiger partial charge in [-0.1, -0.05) is 13.0 Å². The Balaban J connectivity index is 1.93. The molecule has 0 radical (unpaired) electrons. The normalized spacial score (nSPS) is 10.3. The summed E-state index contributed by atoms with van der Waals surface area (Å²) in [6.45, 7) is 4.68. The van der Waals surface area contributed by atoms with E-state index in [2.05, 4.69) is 20.6 Å². The molecule has 2 aromatic heterocycles. The first-order chi connectivity index (χ1) is 9.67. The first-order valence-corrected chi connectivity index (χ1v) is 7.47. The summed E-state index contributed by atoms with van der Waals surface area (Å²) in [7, 11) is 0.